The molecule has 1 aromatic heterocycles. The summed E-state index contributed by atoms with van der Waals surface area (Å²) in [6, 6.07) is 14.0. The molecule has 1 amide bonds. The summed E-state index contributed by atoms with van der Waals surface area (Å²) in [7, 11) is 0. The quantitative estimate of drug-likeness (QED) is 0.387. The minimum atomic E-state index is -0.397. The van der Waals surface area contributed by atoms with Crippen LogP contribution < -0.4 is 5.32 Å². The van der Waals surface area contributed by atoms with Gasteiger partial charge in [0.15, 0.2) is 0 Å². The maximum Gasteiger partial charge on any atom is 0.338 e. The first-order valence-corrected chi connectivity index (χ1v) is 10.5. The second-order valence-corrected chi connectivity index (χ2v) is 8.09. The third kappa shape index (κ3) is 6.16. The lowest BCUT2D eigenvalue weighted by molar-refractivity contribution is -0.113. The highest BCUT2D eigenvalue weighted by Gasteiger charge is 2.12. The van der Waals surface area contributed by atoms with Crippen LogP contribution in [0.3, 0.4) is 0 Å². The van der Waals surface area contributed by atoms with Crippen LogP contribution in [0.5, 0.6) is 0 Å². The van der Waals surface area contributed by atoms with Crippen LogP contribution in [0.1, 0.15) is 24.2 Å². The van der Waals surface area contributed by atoms with Crippen LogP contribution in [0.15, 0.2) is 62.6 Å². The van der Waals surface area contributed by atoms with Crippen molar-refractivity contribution in [1.82, 2.24) is 10.2 Å². The van der Waals surface area contributed by atoms with Gasteiger partial charge < -0.3 is 14.5 Å². The standard InChI is InChI=1S/C20H18BrN3O4S/c1-12(2)27-19(26)14-5-9-16(10-6-14)22-17(25)11-29-20-24-23-18(28-20)13-3-7-15(21)8-4-13/h3-10,12H,11H2,1-2H3,(H,22,25). The molecule has 0 aliphatic carbocycles. The third-order valence-corrected chi connectivity index (χ3v) is 4.92. The molecule has 0 atom stereocenters. The molecule has 1 N–H and O–H groups in total. The van der Waals surface area contributed by atoms with Gasteiger partial charge in [-0.2, -0.15) is 0 Å². The lowest BCUT2D eigenvalue weighted by Gasteiger charge is -2.08. The van der Waals surface area contributed by atoms with Gasteiger partial charge in [0.05, 0.1) is 17.4 Å². The van der Waals surface area contributed by atoms with E-state index in [0.29, 0.717) is 22.4 Å². The number of aromatic nitrogens is 2. The van der Waals surface area contributed by atoms with Gasteiger partial charge in [-0.3, -0.25) is 4.79 Å². The predicted octanol–water partition coefficient (Wildman–Crippen LogP) is 4.80. The van der Waals surface area contributed by atoms with Crippen molar-refractivity contribution in [3.8, 4) is 11.5 Å². The highest BCUT2D eigenvalue weighted by Crippen LogP contribution is 2.24. The van der Waals surface area contributed by atoms with Crippen molar-refractivity contribution >= 4 is 45.3 Å². The van der Waals surface area contributed by atoms with E-state index in [1.165, 1.54) is 0 Å². The number of amides is 1. The van der Waals surface area contributed by atoms with Crippen LogP contribution in [0.2, 0.25) is 0 Å². The summed E-state index contributed by atoms with van der Waals surface area (Å²) in [5.41, 5.74) is 1.81. The van der Waals surface area contributed by atoms with Crippen LogP contribution >= 0.6 is 27.7 Å². The van der Waals surface area contributed by atoms with Gasteiger partial charge in [-0.05, 0) is 62.4 Å². The van der Waals surface area contributed by atoms with Crippen molar-refractivity contribution in [3.05, 3.63) is 58.6 Å². The first-order chi connectivity index (χ1) is 13.9. The van der Waals surface area contributed by atoms with Gasteiger partial charge in [0.25, 0.3) is 5.22 Å². The minimum Gasteiger partial charge on any atom is -0.459 e. The molecule has 0 fully saturated rings. The lowest BCUT2D eigenvalue weighted by atomic mass is 10.2. The van der Waals surface area contributed by atoms with E-state index in [2.05, 4.69) is 31.4 Å². The van der Waals surface area contributed by atoms with Crippen molar-refractivity contribution in [3.63, 3.8) is 0 Å². The Balaban J connectivity index is 1.51. The molecule has 0 aliphatic rings. The zero-order valence-corrected chi connectivity index (χ0v) is 18.1. The van der Waals surface area contributed by atoms with E-state index in [1.54, 1.807) is 38.1 Å². The molecule has 0 bridgehead atoms. The Morgan fingerprint density at radius 1 is 1.10 bits per heavy atom. The van der Waals surface area contributed by atoms with E-state index >= 15 is 0 Å². The molecule has 0 spiro atoms. The number of ether oxygens (including phenoxy) is 1. The summed E-state index contributed by atoms with van der Waals surface area (Å²) in [5, 5.41) is 11.0. The van der Waals surface area contributed by atoms with Crippen molar-refractivity contribution in [2.75, 3.05) is 11.1 Å². The Hall–Kier alpha value is -2.65. The van der Waals surface area contributed by atoms with Gasteiger partial charge in [-0.25, -0.2) is 4.79 Å². The molecule has 0 unspecified atom stereocenters. The molecule has 0 radical (unpaired) electrons. The third-order valence-electron chi connectivity index (χ3n) is 3.57. The van der Waals surface area contributed by atoms with Crippen LogP contribution in [-0.2, 0) is 9.53 Å². The Kier molecular flexibility index (Phi) is 7.05. The van der Waals surface area contributed by atoms with E-state index in [1.807, 2.05) is 24.3 Å². The zero-order chi connectivity index (χ0) is 20.8. The Morgan fingerprint density at radius 3 is 2.45 bits per heavy atom. The Bertz CT molecular complexity index is 988. The topological polar surface area (TPSA) is 94.3 Å². The number of carbonyl (C=O) groups excluding carboxylic acids is 2. The van der Waals surface area contributed by atoms with Crippen LogP contribution in [0.4, 0.5) is 5.69 Å². The number of anilines is 1. The smallest absolute Gasteiger partial charge is 0.338 e. The number of halogens is 1. The summed E-state index contributed by atoms with van der Waals surface area (Å²) in [6.45, 7) is 3.57. The first-order valence-electron chi connectivity index (χ1n) is 8.74. The largest absolute Gasteiger partial charge is 0.459 e. The normalized spacial score (nSPS) is 10.8. The van der Waals surface area contributed by atoms with Gasteiger partial charge in [-0.15, -0.1) is 10.2 Å². The maximum absolute atomic E-state index is 12.1. The lowest BCUT2D eigenvalue weighted by Crippen LogP contribution is -2.14. The number of hydrogen-bond acceptors (Lipinski definition) is 7. The SMILES string of the molecule is CC(C)OC(=O)c1ccc(NC(=O)CSc2nnc(-c3ccc(Br)cc3)o2)cc1. The van der Waals surface area contributed by atoms with Crippen LogP contribution in [0, 0.1) is 0 Å². The minimum absolute atomic E-state index is 0.110. The molecule has 9 heteroatoms. The molecule has 1 heterocycles. The molecule has 3 rings (SSSR count). The van der Waals surface area contributed by atoms with Gasteiger partial charge in [0.1, 0.15) is 0 Å². The van der Waals surface area contributed by atoms with Gasteiger partial charge in [-0.1, -0.05) is 27.7 Å². The number of nitrogens with one attached hydrogen (secondary N) is 1. The predicted molar refractivity (Wildman–Crippen MR) is 114 cm³/mol. The number of carbonyl (C=O) groups is 2. The average molecular weight is 476 g/mol. The number of thioether (sulfide) groups is 1. The summed E-state index contributed by atoms with van der Waals surface area (Å²) < 4.78 is 11.7. The number of hydrogen-bond donors (Lipinski definition) is 1. The fourth-order valence-electron chi connectivity index (χ4n) is 2.27. The molecule has 29 heavy (non-hydrogen) atoms. The van der Waals surface area contributed by atoms with E-state index in [9.17, 15) is 9.59 Å². The highest BCUT2D eigenvalue weighted by atomic mass is 79.9. The highest BCUT2D eigenvalue weighted by molar-refractivity contribution is 9.10. The van der Waals surface area contributed by atoms with Gasteiger partial charge >= 0.3 is 5.97 Å². The Morgan fingerprint density at radius 2 is 1.79 bits per heavy atom. The first kappa shape index (κ1) is 21.1. The van der Waals surface area contributed by atoms with Crippen LogP contribution in [0.25, 0.3) is 11.5 Å². The van der Waals surface area contributed by atoms with E-state index in [4.69, 9.17) is 9.15 Å². The fourth-order valence-corrected chi connectivity index (χ4v) is 3.10. The van der Waals surface area contributed by atoms with Gasteiger partial charge in [0.2, 0.25) is 11.8 Å². The van der Waals surface area contributed by atoms with E-state index in [-0.39, 0.29) is 17.8 Å². The summed E-state index contributed by atoms with van der Waals surface area (Å²) in [6.07, 6.45) is -0.187. The average Bonchev–Trinajstić information content (AvgIpc) is 3.16. The number of rotatable bonds is 7. The molecule has 0 saturated carbocycles. The van der Waals surface area contributed by atoms with Crippen LogP contribution in [-0.4, -0.2) is 33.9 Å². The van der Waals surface area contributed by atoms with Crippen molar-refractivity contribution in [2.24, 2.45) is 0 Å². The molecule has 0 saturated heterocycles. The molecular weight excluding hydrogens is 458 g/mol. The van der Waals surface area contributed by atoms with E-state index < -0.39 is 5.97 Å². The van der Waals surface area contributed by atoms with Crippen molar-refractivity contribution < 1.29 is 18.7 Å². The summed E-state index contributed by atoms with van der Waals surface area (Å²) >= 11 is 4.52. The van der Waals surface area contributed by atoms with Gasteiger partial charge in [0, 0.05) is 15.7 Å². The molecule has 3 aromatic rings. The number of benzene rings is 2. The number of nitrogens with zero attached hydrogens (tertiary/aromatic N) is 2. The summed E-state index contributed by atoms with van der Waals surface area (Å²) in [4.78, 5) is 24.0. The Labute approximate surface area is 180 Å². The molecule has 0 aliphatic heterocycles. The van der Waals surface area contributed by atoms with Crippen molar-refractivity contribution in [2.45, 2.75) is 25.2 Å². The summed E-state index contributed by atoms with van der Waals surface area (Å²) in [5.74, 6) is -0.120. The second-order valence-electron chi connectivity index (χ2n) is 6.25. The monoisotopic (exact) mass is 475 g/mol. The molecule has 2 aromatic carbocycles. The maximum atomic E-state index is 12.1. The molecule has 150 valence electrons. The molecular formula is C20H18BrN3O4S. The van der Waals surface area contributed by atoms with E-state index in [0.717, 1.165) is 21.8 Å². The number of esters is 1. The van der Waals surface area contributed by atoms with Crippen molar-refractivity contribution in [1.29, 1.82) is 0 Å². The molecule has 7 nitrogen and oxygen atoms in total. The zero-order valence-electron chi connectivity index (χ0n) is 15.7. The second kappa shape index (κ2) is 9.71. The fraction of sp³-hybridized carbons (Fsp3) is 0.200.